The fourth-order valence-corrected chi connectivity index (χ4v) is 1.30. The molecule has 0 radical (unpaired) electrons. The van der Waals surface area contributed by atoms with Crippen molar-refractivity contribution in [3.63, 3.8) is 0 Å². The summed E-state index contributed by atoms with van der Waals surface area (Å²) in [4.78, 5) is 0. The van der Waals surface area contributed by atoms with Gasteiger partial charge in [-0.1, -0.05) is 6.07 Å². The number of benzene rings is 1. The third-order valence-electron chi connectivity index (χ3n) is 2.32. The first kappa shape index (κ1) is 14.8. The molecular weight excluding hydrogens is 264 g/mol. The number of halogens is 6. The van der Waals surface area contributed by atoms with Crippen LogP contribution in [0.3, 0.4) is 0 Å². The topological polar surface area (TPSA) is 46.2 Å². The van der Waals surface area contributed by atoms with Crippen LogP contribution in [0.25, 0.3) is 0 Å². The summed E-state index contributed by atoms with van der Waals surface area (Å²) < 4.78 is 76.0. The summed E-state index contributed by atoms with van der Waals surface area (Å²) in [5.41, 5.74) is 2.76. The number of rotatable bonds is 3. The van der Waals surface area contributed by atoms with E-state index in [9.17, 15) is 26.3 Å². The summed E-state index contributed by atoms with van der Waals surface area (Å²) in [7, 11) is 0. The Morgan fingerprint density at radius 3 is 2.17 bits per heavy atom. The van der Waals surface area contributed by atoms with Gasteiger partial charge in [0.15, 0.2) is 0 Å². The predicted octanol–water partition coefficient (Wildman–Crippen LogP) is 2.47. The normalized spacial score (nSPS) is 14.7. The average molecular weight is 273 g/mol. The molecule has 1 rings (SSSR count). The molecule has 0 aromatic heterocycles. The van der Waals surface area contributed by atoms with Gasteiger partial charge in [-0.05, 0) is 17.7 Å². The van der Waals surface area contributed by atoms with E-state index in [1.54, 1.807) is 0 Å². The molecule has 1 aromatic carbocycles. The quantitative estimate of drug-likeness (QED) is 0.831. The SMILES string of the molecule is N[C@@H](c1ccc(F)c(C(F)(F)F)c1)C(F)(F)CO. The minimum atomic E-state index is -5.01. The molecule has 0 saturated carbocycles. The summed E-state index contributed by atoms with van der Waals surface area (Å²) in [5, 5.41) is 8.38. The Balaban J connectivity index is 3.21. The van der Waals surface area contributed by atoms with Crippen LogP contribution in [0.1, 0.15) is 17.2 Å². The van der Waals surface area contributed by atoms with Gasteiger partial charge in [-0.15, -0.1) is 0 Å². The maximum absolute atomic E-state index is 13.0. The number of alkyl halides is 5. The van der Waals surface area contributed by atoms with Gasteiger partial charge in [0.05, 0.1) is 11.6 Å². The summed E-state index contributed by atoms with van der Waals surface area (Å²) in [5.74, 6) is -5.37. The van der Waals surface area contributed by atoms with Crippen LogP contribution in [-0.2, 0) is 6.18 Å². The van der Waals surface area contributed by atoms with E-state index in [1.807, 2.05) is 0 Å². The maximum Gasteiger partial charge on any atom is 0.419 e. The van der Waals surface area contributed by atoms with Gasteiger partial charge in [0.2, 0.25) is 0 Å². The molecule has 3 N–H and O–H groups in total. The lowest BCUT2D eigenvalue weighted by molar-refractivity contribution is -0.140. The van der Waals surface area contributed by atoms with E-state index in [0.717, 1.165) is 6.07 Å². The monoisotopic (exact) mass is 273 g/mol. The molecule has 18 heavy (non-hydrogen) atoms. The molecule has 8 heteroatoms. The van der Waals surface area contributed by atoms with E-state index >= 15 is 0 Å². The molecule has 0 spiro atoms. The second kappa shape index (κ2) is 4.77. The van der Waals surface area contributed by atoms with Gasteiger partial charge in [-0.3, -0.25) is 0 Å². The lowest BCUT2D eigenvalue weighted by Gasteiger charge is -2.22. The van der Waals surface area contributed by atoms with Gasteiger partial charge in [0.1, 0.15) is 12.4 Å². The van der Waals surface area contributed by atoms with Crippen molar-refractivity contribution >= 4 is 0 Å². The molecule has 0 bridgehead atoms. The molecule has 0 aliphatic heterocycles. The smallest absolute Gasteiger partial charge is 0.390 e. The Morgan fingerprint density at radius 1 is 1.17 bits per heavy atom. The van der Waals surface area contributed by atoms with Crippen LogP contribution in [0.5, 0.6) is 0 Å². The number of hydrogen-bond donors (Lipinski definition) is 2. The van der Waals surface area contributed by atoms with Crippen LogP contribution in [0.4, 0.5) is 26.3 Å². The van der Waals surface area contributed by atoms with Crippen molar-refractivity contribution in [2.24, 2.45) is 5.73 Å². The number of nitrogens with two attached hydrogens (primary N) is 1. The Morgan fingerprint density at radius 2 is 1.72 bits per heavy atom. The number of aliphatic hydroxyl groups is 1. The summed E-state index contributed by atoms with van der Waals surface area (Å²) in [6.07, 6.45) is -5.01. The van der Waals surface area contributed by atoms with E-state index in [0.29, 0.717) is 6.07 Å². The highest BCUT2D eigenvalue weighted by Gasteiger charge is 2.40. The minimum absolute atomic E-state index is 0.212. The van der Waals surface area contributed by atoms with Gasteiger partial charge in [0, 0.05) is 0 Å². The van der Waals surface area contributed by atoms with Crippen LogP contribution >= 0.6 is 0 Å². The first-order valence-corrected chi connectivity index (χ1v) is 4.70. The second-order valence-electron chi connectivity index (χ2n) is 3.63. The van der Waals surface area contributed by atoms with Crippen molar-refractivity contribution in [3.8, 4) is 0 Å². The van der Waals surface area contributed by atoms with E-state index in [4.69, 9.17) is 10.8 Å². The lowest BCUT2D eigenvalue weighted by Crippen LogP contribution is -2.36. The first-order chi connectivity index (χ1) is 8.09. The highest BCUT2D eigenvalue weighted by molar-refractivity contribution is 5.30. The van der Waals surface area contributed by atoms with E-state index in [1.165, 1.54) is 0 Å². The Kier molecular flexibility index (Phi) is 3.92. The molecule has 0 unspecified atom stereocenters. The molecule has 0 aliphatic carbocycles. The molecule has 1 aromatic rings. The van der Waals surface area contributed by atoms with Gasteiger partial charge >= 0.3 is 6.18 Å². The van der Waals surface area contributed by atoms with Crippen molar-refractivity contribution in [2.45, 2.75) is 18.1 Å². The van der Waals surface area contributed by atoms with E-state index in [-0.39, 0.29) is 6.07 Å². The van der Waals surface area contributed by atoms with E-state index in [2.05, 4.69) is 0 Å². The van der Waals surface area contributed by atoms with Crippen LogP contribution in [0, 0.1) is 5.82 Å². The molecule has 0 fully saturated rings. The van der Waals surface area contributed by atoms with Crippen LogP contribution < -0.4 is 5.73 Å². The molecule has 2 nitrogen and oxygen atoms in total. The van der Waals surface area contributed by atoms with Crippen molar-refractivity contribution < 1.29 is 31.4 Å². The molecule has 1 atom stereocenters. The molecule has 0 saturated heterocycles. The summed E-state index contributed by atoms with van der Waals surface area (Å²) in [6, 6.07) is -0.808. The van der Waals surface area contributed by atoms with Gasteiger partial charge < -0.3 is 10.8 Å². The molecule has 102 valence electrons. The maximum atomic E-state index is 13.0. The standard InChI is InChI=1S/C10H9F6NO/c11-7-2-1-5(3-6(7)10(14,15)16)8(17)9(12,13)4-18/h1-3,8,18H,4,17H2/t8-/m0/s1. The Bertz CT molecular complexity index is 431. The van der Waals surface area contributed by atoms with Crippen LogP contribution in [0.15, 0.2) is 18.2 Å². The molecule has 0 amide bonds. The average Bonchev–Trinajstić information content (AvgIpc) is 2.27. The fourth-order valence-electron chi connectivity index (χ4n) is 1.30. The van der Waals surface area contributed by atoms with Crippen molar-refractivity contribution in [1.82, 2.24) is 0 Å². The zero-order valence-electron chi connectivity index (χ0n) is 8.81. The highest BCUT2D eigenvalue weighted by atomic mass is 19.4. The van der Waals surface area contributed by atoms with Gasteiger partial charge in [0.25, 0.3) is 5.92 Å². The summed E-state index contributed by atoms with van der Waals surface area (Å²) >= 11 is 0. The number of hydrogen-bond acceptors (Lipinski definition) is 2. The minimum Gasteiger partial charge on any atom is -0.390 e. The second-order valence-corrected chi connectivity index (χ2v) is 3.63. The zero-order chi connectivity index (χ0) is 14.1. The van der Waals surface area contributed by atoms with Crippen LogP contribution in [0.2, 0.25) is 0 Å². The van der Waals surface area contributed by atoms with Gasteiger partial charge in [-0.2, -0.15) is 13.2 Å². The van der Waals surface area contributed by atoms with Crippen LogP contribution in [-0.4, -0.2) is 17.6 Å². The highest BCUT2D eigenvalue weighted by Crippen LogP contribution is 2.35. The summed E-state index contributed by atoms with van der Waals surface area (Å²) in [6.45, 7) is -1.62. The number of aliphatic hydroxyl groups excluding tert-OH is 1. The molecule has 0 heterocycles. The Hall–Kier alpha value is -1.28. The zero-order valence-corrected chi connectivity index (χ0v) is 8.81. The lowest BCUT2D eigenvalue weighted by atomic mass is 9.99. The van der Waals surface area contributed by atoms with E-state index < -0.39 is 41.7 Å². The Labute approximate surface area is 98.0 Å². The van der Waals surface area contributed by atoms with Crippen molar-refractivity contribution in [2.75, 3.05) is 6.61 Å². The third-order valence-corrected chi connectivity index (χ3v) is 2.32. The largest absolute Gasteiger partial charge is 0.419 e. The van der Waals surface area contributed by atoms with Crippen molar-refractivity contribution in [3.05, 3.63) is 35.1 Å². The molecular formula is C10H9F6NO. The fraction of sp³-hybridized carbons (Fsp3) is 0.400. The van der Waals surface area contributed by atoms with Crippen molar-refractivity contribution in [1.29, 1.82) is 0 Å². The first-order valence-electron chi connectivity index (χ1n) is 4.70. The third kappa shape index (κ3) is 2.94. The van der Waals surface area contributed by atoms with Gasteiger partial charge in [-0.25, -0.2) is 13.2 Å². The molecule has 0 aliphatic rings. The predicted molar refractivity (Wildman–Crippen MR) is 50.4 cm³/mol.